The second-order valence-electron chi connectivity index (χ2n) is 6.22. The summed E-state index contributed by atoms with van der Waals surface area (Å²) in [6, 6.07) is 17.4. The van der Waals surface area contributed by atoms with Gasteiger partial charge in [-0.15, -0.1) is 0 Å². The third-order valence-electron chi connectivity index (χ3n) is 4.39. The Morgan fingerprint density at radius 1 is 1.00 bits per heavy atom. The molecular formula is C20H22N2O2. The highest BCUT2D eigenvalue weighted by Crippen LogP contribution is 2.27. The first kappa shape index (κ1) is 16.1. The number of amides is 1. The minimum atomic E-state index is -0.140. The SMILES string of the molecule is CC(c1cc2ccccc2o1)N(C)C(=O)c1ccc(N(C)C)cc1. The third-order valence-corrected chi connectivity index (χ3v) is 4.39. The number of hydrogen-bond acceptors (Lipinski definition) is 3. The van der Waals surface area contributed by atoms with Crippen LogP contribution in [0, 0.1) is 0 Å². The van der Waals surface area contributed by atoms with Crippen LogP contribution in [-0.2, 0) is 0 Å². The molecule has 1 amide bonds. The second kappa shape index (κ2) is 6.40. The van der Waals surface area contributed by atoms with Gasteiger partial charge in [0.2, 0.25) is 0 Å². The molecule has 0 aliphatic rings. The summed E-state index contributed by atoms with van der Waals surface area (Å²) in [5, 5.41) is 1.05. The molecule has 24 heavy (non-hydrogen) atoms. The Morgan fingerprint density at radius 3 is 2.29 bits per heavy atom. The molecule has 4 nitrogen and oxygen atoms in total. The molecule has 3 aromatic rings. The van der Waals surface area contributed by atoms with Crippen molar-refractivity contribution in [3.63, 3.8) is 0 Å². The van der Waals surface area contributed by atoms with Gasteiger partial charge in [0.05, 0.1) is 6.04 Å². The van der Waals surface area contributed by atoms with Crippen LogP contribution >= 0.6 is 0 Å². The second-order valence-corrected chi connectivity index (χ2v) is 6.22. The minimum absolute atomic E-state index is 0.0201. The topological polar surface area (TPSA) is 36.7 Å². The number of furan rings is 1. The normalized spacial score (nSPS) is 12.2. The molecule has 0 aliphatic carbocycles. The van der Waals surface area contributed by atoms with Crippen LogP contribution in [-0.4, -0.2) is 32.0 Å². The van der Waals surface area contributed by atoms with E-state index in [9.17, 15) is 4.79 Å². The summed E-state index contributed by atoms with van der Waals surface area (Å²) in [6.07, 6.45) is 0. The van der Waals surface area contributed by atoms with Crippen LogP contribution in [0.5, 0.6) is 0 Å². The number of fused-ring (bicyclic) bond motifs is 1. The standard InChI is InChI=1S/C20H22N2O2/c1-14(19-13-16-7-5-6-8-18(16)24-19)22(4)20(23)15-9-11-17(12-10-15)21(2)3/h5-14H,1-4H3. The van der Waals surface area contributed by atoms with Crippen molar-refractivity contribution in [2.45, 2.75) is 13.0 Å². The molecule has 1 heterocycles. The van der Waals surface area contributed by atoms with Gasteiger partial charge < -0.3 is 14.2 Å². The van der Waals surface area contributed by atoms with E-state index >= 15 is 0 Å². The van der Waals surface area contributed by atoms with E-state index in [-0.39, 0.29) is 11.9 Å². The lowest BCUT2D eigenvalue weighted by Gasteiger charge is -2.23. The quantitative estimate of drug-likeness (QED) is 0.717. The van der Waals surface area contributed by atoms with E-state index in [2.05, 4.69) is 0 Å². The Balaban J connectivity index is 1.81. The highest BCUT2D eigenvalue weighted by atomic mass is 16.3. The van der Waals surface area contributed by atoms with Crippen molar-refractivity contribution in [2.24, 2.45) is 0 Å². The molecule has 0 saturated heterocycles. The Hall–Kier alpha value is -2.75. The number of carbonyl (C=O) groups is 1. The highest BCUT2D eigenvalue weighted by molar-refractivity contribution is 5.94. The summed E-state index contributed by atoms with van der Waals surface area (Å²) >= 11 is 0. The molecule has 0 radical (unpaired) electrons. The first-order valence-corrected chi connectivity index (χ1v) is 8.00. The van der Waals surface area contributed by atoms with E-state index in [1.807, 2.05) is 80.5 Å². The van der Waals surface area contributed by atoms with Gasteiger partial charge in [-0.1, -0.05) is 18.2 Å². The van der Waals surface area contributed by atoms with Gasteiger partial charge in [0.1, 0.15) is 11.3 Å². The number of nitrogens with zero attached hydrogens (tertiary/aromatic N) is 2. The predicted octanol–water partition coefficient (Wildman–Crippen LogP) is 4.33. The van der Waals surface area contributed by atoms with Gasteiger partial charge >= 0.3 is 0 Å². The molecule has 124 valence electrons. The van der Waals surface area contributed by atoms with E-state index in [0.717, 1.165) is 22.4 Å². The molecule has 3 rings (SSSR count). The Kier molecular flexibility index (Phi) is 4.30. The first-order valence-electron chi connectivity index (χ1n) is 8.00. The van der Waals surface area contributed by atoms with Crippen molar-refractivity contribution in [1.29, 1.82) is 0 Å². The number of carbonyl (C=O) groups excluding carboxylic acids is 1. The van der Waals surface area contributed by atoms with Crippen LogP contribution in [0.1, 0.15) is 29.1 Å². The summed E-state index contributed by atoms with van der Waals surface area (Å²) in [5.41, 5.74) is 2.58. The number of hydrogen-bond donors (Lipinski definition) is 0. The fourth-order valence-corrected chi connectivity index (χ4v) is 2.68. The van der Waals surface area contributed by atoms with Gasteiger partial charge in [-0.05, 0) is 43.3 Å². The molecule has 0 fully saturated rings. The van der Waals surface area contributed by atoms with Crippen LogP contribution in [0.4, 0.5) is 5.69 Å². The summed E-state index contributed by atoms with van der Waals surface area (Å²) < 4.78 is 5.89. The molecule has 0 aliphatic heterocycles. The van der Waals surface area contributed by atoms with E-state index in [1.54, 1.807) is 11.9 Å². The summed E-state index contributed by atoms with van der Waals surface area (Å²) in [5.74, 6) is 0.769. The largest absolute Gasteiger partial charge is 0.459 e. The molecular weight excluding hydrogens is 300 g/mol. The zero-order valence-electron chi connectivity index (χ0n) is 14.5. The molecule has 1 atom stereocenters. The molecule has 0 N–H and O–H groups in total. The average Bonchev–Trinajstić information content (AvgIpc) is 3.04. The van der Waals surface area contributed by atoms with E-state index in [4.69, 9.17) is 4.42 Å². The molecule has 0 spiro atoms. The smallest absolute Gasteiger partial charge is 0.254 e. The molecule has 0 saturated carbocycles. The lowest BCUT2D eigenvalue weighted by Crippen LogP contribution is -2.29. The van der Waals surface area contributed by atoms with Gasteiger partial charge in [0, 0.05) is 37.8 Å². The Bertz CT molecular complexity index is 816. The van der Waals surface area contributed by atoms with Crippen LogP contribution in [0.25, 0.3) is 11.0 Å². The van der Waals surface area contributed by atoms with Crippen molar-refractivity contribution in [1.82, 2.24) is 4.90 Å². The van der Waals surface area contributed by atoms with Crippen LogP contribution in [0.3, 0.4) is 0 Å². The first-order chi connectivity index (χ1) is 11.5. The van der Waals surface area contributed by atoms with Gasteiger partial charge in [-0.25, -0.2) is 0 Å². The molecule has 0 bridgehead atoms. The van der Waals surface area contributed by atoms with Crippen molar-refractivity contribution in [3.8, 4) is 0 Å². The Labute approximate surface area is 142 Å². The van der Waals surface area contributed by atoms with E-state index in [0.29, 0.717) is 5.56 Å². The predicted molar refractivity (Wildman–Crippen MR) is 97.5 cm³/mol. The van der Waals surface area contributed by atoms with Crippen molar-refractivity contribution < 1.29 is 9.21 Å². The highest BCUT2D eigenvalue weighted by Gasteiger charge is 2.21. The minimum Gasteiger partial charge on any atom is -0.459 e. The maximum Gasteiger partial charge on any atom is 0.254 e. The van der Waals surface area contributed by atoms with Gasteiger partial charge in [0.15, 0.2) is 0 Å². The van der Waals surface area contributed by atoms with Crippen LogP contribution in [0.15, 0.2) is 59.0 Å². The van der Waals surface area contributed by atoms with Crippen LogP contribution in [0.2, 0.25) is 0 Å². The zero-order valence-corrected chi connectivity index (χ0v) is 14.5. The number of para-hydroxylation sites is 1. The average molecular weight is 322 g/mol. The Morgan fingerprint density at radius 2 is 1.67 bits per heavy atom. The van der Waals surface area contributed by atoms with Gasteiger partial charge in [-0.2, -0.15) is 0 Å². The van der Waals surface area contributed by atoms with Crippen molar-refractivity contribution in [3.05, 3.63) is 65.9 Å². The number of benzene rings is 2. The fraction of sp³-hybridized carbons (Fsp3) is 0.250. The lowest BCUT2D eigenvalue weighted by molar-refractivity contribution is 0.0727. The maximum absolute atomic E-state index is 12.7. The molecule has 2 aromatic carbocycles. The summed E-state index contributed by atoms with van der Waals surface area (Å²) in [6.45, 7) is 1.98. The van der Waals surface area contributed by atoms with E-state index in [1.165, 1.54) is 0 Å². The number of rotatable bonds is 4. The van der Waals surface area contributed by atoms with Crippen molar-refractivity contribution in [2.75, 3.05) is 26.0 Å². The van der Waals surface area contributed by atoms with Gasteiger partial charge in [0.25, 0.3) is 5.91 Å². The zero-order chi connectivity index (χ0) is 17.3. The lowest BCUT2D eigenvalue weighted by atomic mass is 10.1. The third kappa shape index (κ3) is 3.00. The maximum atomic E-state index is 12.7. The number of anilines is 1. The molecule has 1 aromatic heterocycles. The fourth-order valence-electron chi connectivity index (χ4n) is 2.68. The molecule has 1 unspecified atom stereocenters. The summed E-state index contributed by atoms with van der Waals surface area (Å²) in [7, 11) is 5.76. The van der Waals surface area contributed by atoms with Crippen molar-refractivity contribution >= 4 is 22.6 Å². The summed E-state index contributed by atoms with van der Waals surface area (Å²) in [4.78, 5) is 16.4. The van der Waals surface area contributed by atoms with Gasteiger partial charge in [-0.3, -0.25) is 4.79 Å². The molecule has 4 heteroatoms. The van der Waals surface area contributed by atoms with Crippen LogP contribution < -0.4 is 4.90 Å². The monoisotopic (exact) mass is 322 g/mol. The van der Waals surface area contributed by atoms with E-state index < -0.39 is 0 Å².